The summed E-state index contributed by atoms with van der Waals surface area (Å²) < 4.78 is 43.7. The number of carbonyl (C=O) groups excluding carboxylic acids is 1. The summed E-state index contributed by atoms with van der Waals surface area (Å²) in [6.07, 6.45) is -4.18. The number of aromatic nitrogens is 2. The molecule has 18 heavy (non-hydrogen) atoms. The van der Waals surface area contributed by atoms with Gasteiger partial charge in [-0.25, -0.2) is 9.78 Å². The van der Waals surface area contributed by atoms with Gasteiger partial charge in [0.2, 0.25) is 0 Å². The molecule has 1 aromatic rings. The third-order valence-corrected chi connectivity index (χ3v) is 3.03. The molecule has 0 saturated heterocycles. The van der Waals surface area contributed by atoms with Gasteiger partial charge in [-0.1, -0.05) is 0 Å². The Morgan fingerprint density at radius 1 is 1.56 bits per heavy atom. The molecule has 0 amide bonds. The number of carbonyl (C=O) groups is 1. The number of hydrogen-bond donors (Lipinski definition) is 1. The highest BCUT2D eigenvalue weighted by Gasteiger charge is 2.43. The number of halogens is 3. The lowest BCUT2D eigenvalue weighted by molar-refractivity contribution is -0.182. The molecule has 0 saturated carbocycles. The van der Waals surface area contributed by atoms with E-state index in [1.54, 1.807) is 0 Å². The summed E-state index contributed by atoms with van der Waals surface area (Å²) in [5.74, 6) is -1.94. The fraction of sp³-hybridized carbons (Fsp3) is 0.600. The van der Waals surface area contributed by atoms with Crippen LogP contribution in [-0.2, 0) is 17.7 Å². The number of ether oxygens (including phenoxy) is 1. The maximum absolute atomic E-state index is 12.7. The van der Waals surface area contributed by atoms with Crippen molar-refractivity contribution in [1.29, 1.82) is 0 Å². The van der Waals surface area contributed by atoms with Crippen molar-refractivity contribution in [3.63, 3.8) is 0 Å². The molecule has 2 N–H and O–H groups in total. The van der Waals surface area contributed by atoms with E-state index in [2.05, 4.69) is 9.72 Å². The average molecular weight is 263 g/mol. The van der Waals surface area contributed by atoms with Gasteiger partial charge >= 0.3 is 12.1 Å². The van der Waals surface area contributed by atoms with Crippen molar-refractivity contribution in [2.75, 3.05) is 12.8 Å². The third-order valence-electron chi connectivity index (χ3n) is 3.03. The van der Waals surface area contributed by atoms with E-state index in [-0.39, 0.29) is 30.9 Å². The second kappa shape index (κ2) is 4.18. The number of imidazole rings is 1. The third kappa shape index (κ3) is 2.02. The van der Waals surface area contributed by atoms with Crippen LogP contribution in [0.3, 0.4) is 0 Å². The lowest BCUT2D eigenvalue weighted by atomic mass is 9.99. The van der Waals surface area contributed by atoms with Crippen LogP contribution in [0, 0.1) is 5.92 Å². The van der Waals surface area contributed by atoms with Gasteiger partial charge in [0.15, 0.2) is 11.5 Å². The minimum atomic E-state index is -4.29. The number of hydrogen-bond acceptors (Lipinski definition) is 4. The lowest BCUT2D eigenvalue weighted by Crippen LogP contribution is -2.33. The number of aryl methyl sites for hydroxylation is 1. The highest BCUT2D eigenvalue weighted by atomic mass is 19.4. The molecular formula is C10H12F3N3O2. The molecule has 1 aromatic heterocycles. The number of nitrogens with two attached hydrogens (primary N) is 1. The topological polar surface area (TPSA) is 70.1 Å². The summed E-state index contributed by atoms with van der Waals surface area (Å²) in [5.41, 5.74) is 5.44. The number of fused-ring (bicyclic) bond motifs is 1. The van der Waals surface area contributed by atoms with Crippen molar-refractivity contribution >= 4 is 11.8 Å². The monoisotopic (exact) mass is 263 g/mol. The quantitative estimate of drug-likeness (QED) is 0.777. The Morgan fingerprint density at radius 2 is 2.22 bits per heavy atom. The van der Waals surface area contributed by atoms with E-state index in [9.17, 15) is 18.0 Å². The van der Waals surface area contributed by atoms with Crippen LogP contribution in [0.15, 0.2) is 0 Å². The van der Waals surface area contributed by atoms with Gasteiger partial charge in [0.1, 0.15) is 5.82 Å². The Labute approximate surface area is 101 Å². The van der Waals surface area contributed by atoms with Gasteiger partial charge in [0, 0.05) is 13.0 Å². The van der Waals surface area contributed by atoms with E-state index in [0.717, 1.165) is 7.11 Å². The lowest BCUT2D eigenvalue weighted by Gasteiger charge is -2.26. The summed E-state index contributed by atoms with van der Waals surface area (Å²) in [7, 11) is 1.14. The summed E-state index contributed by atoms with van der Waals surface area (Å²) >= 11 is 0. The number of methoxy groups -OCH3 is 1. The maximum atomic E-state index is 12.7. The molecule has 0 bridgehead atoms. The SMILES string of the molecule is COC(=O)c1c(N)nc2n1CC(C(F)(F)F)CC2. The minimum Gasteiger partial charge on any atom is -0.464 e. The van der Waals surface area contributed by atoms with Crippen LogP contribution in [0.1, 0.15) is 22.7 Å². The Kier molecular flexibility index (Phi) is 2.95. The summed E-state index contributed by atoms with van der Waals surface area (Å²) in [6.45, 7) is -0.340. The Balaban J connectivity index is 2.38. The van der Waals surface area contributed by atoms with E-state index < -0.39 is 18.1 Å². The predicted octanol–water partition coefficient (Wildman–Crippen LogP) is 1.38. The average Bonchev–Trinajstić information content (AvgIpc) is 2.61. The van der Waals surface area contributed by atoms with Crippen molar-refractivity contribution in [2.24, 2.45) is 5.92 Å². The standard InChI is InChI=1S/C10H12F3N3O2/c1-18-9(17)7-8(14)15-6-3-2-5(4-16(6)7)10(11,12)13/h5H,2-4,14H2,1H3. The van der Waals surface area contributed by atoms with Crippen molar-refractivity contribution in [3.05, 3.63) is 11.5 Å². The number of esters is 1. The van der Waals surface area contributed by atoms with Crippen LogP contribution >= 0.6 is 0 Å². The van der Waals surface area contributed by atoms with Crippen LogP contribution in [-0.4, -0.2) is 28.8 Å². The van der Waals surface area contributed by atoms with Crippen molar-refractivity contribution in [3.8, 4) is 0 Å². The van der Waals surface area contributed by atoms with Crippen LogP contribution < -0.4 is 5.73 Å². The van der Waals surface area contributed by atoms with Crippen molar-refractivity contribution in [2.45, 2.75) is 25.6 Å². The van der Waals surface area contributed by atoms with Crippen molar-refractivity contribution in [1.82, 2.24) is 9.55 Å². The zero-order valence-corrected chi connectivity index (χ0v) is 9.62. The smallest absolute Gasteiger partial charge is 0.393 e. The zero-order valence-electron chi connectivity index (χ0n) is 9.62. The zero-order chi connectivity index (χ0) is 13.5. The summed E-state index contributed by atoms with van der Waals surface area (Å²) in [4.78, 5) is 15.4. The Hall–Kier alpha value is -1.73. The second-order valence-electron chi connectivity index (χ2n) is 4.14. The highest BCUT2D eigenvalue weighted by Crippen LogP contribution is 2.35. The highest BCUT2D eigenvalue weighted by molar-refractivity contribution is 5.92. The maximum Gasteiger partial charge on any atom is 0.393 e. The van der Waals surface area contributed by atoms with E-state index in [0.29, 0.717) is 5.82 Å². The van der Waals surface area contributed by atoms with E-state index in [1.165, 1.54) is 4.57 Å². The fourth-order valence-electron chi connectivity index (χ4n) is 2.10. The van der Waals surface area contributed by atoms with Crippen LogP contribution in [0.2, 0.25) is 0 Å². The largest absolute Gasteiger partial charge is 0.464 e. The molecule has 0 fully saturated rings. The molecule has 1 aliphatic rings. The minimum absolute atomic E-state index is 0.0411. The predicted molar refractivity (Wildman–Crippen MR) is 55.8 cm³/mol. The van der Waals surface area contributed by atoms with E-state index in [1.807, 2.05) is 0 Å². The first-order valence-corrected chi connectivity index (χ1v) is 5.34. The molecule has 100 valence electrons. The number of rotatable bonds is 1. The molecule has 8 heteroatoms. The Morgan fingerprint density at radius 3 is 2.78 bits per heavy atom. The van der Waals surface area contributed by atoms with Crippen molar-refractivity contribution < 1.29 is 22.7 Å². The van der Waals surface area contributed by atoms with Crippen LogP contribution in [0.4, 0.5) is 19.0 Å². The molecule has 1 unspecified atom stereocenters. The molecule has 0 radical (unpaired) electrons. The summed E-state index contributed by atoms with van der Waals surface area (Å²) in [5, 5.41) is 0. The van der Waals surface area contributed by atoms with Gasteiger partial charge in [0.05, 0.1) is 13.0 Å². The van der Waals surface area contributed by atoms with Gasteiger partial charge < -0.3 is 15.0 Å². The number of nitrogens with zero attached hydrogens (tertiary/aromatic N) is 2. The number of alkyl halides is 3. The van der Waals surface area contributed by atoms with Gasteiger partial charge in [-0.2, -0.15) is 13.2 Å². The normalized spacial score (nSPS) is 19.4. The molecule has 5 nitrogen and oxygen atoms in total. The van der Waals surface area contributed by atoms with Gasteiger partial charge in [0.25, 0.3) is 0 Å². The van der Waals surface area contributed by atoms with Gasteiger partial charge in [-0.3, -0.25) is 0 Å². The molecule has 0 aliphatic carbocycles. The van der Waals surface area contributed by atoms with E-state index in [4.69, 9.17) is 5.73 Å². The molecule has 2 heterocycles. The van der Waals surface area contributed by atoms with Gasteiger partial charge in [-0.05, 0) is 6.42 Å². The second-order valence-corrected chi connectivity index (χ2v) is 4.14. The molecule has 0 spiro atoms. The first kappa shape index (κ1) is 12.7. The van der Waals surface area contributed by atoms with E-state index >= 15 is 0 Å². The Bertz CT molecular complexity index is 481. The molecule has 1 aliphatic heterocycles. The molecule has 0 aromatic carbocycles. The molecule has 2 rings (SSSR count). The molecule has 1 atom stereocenters. The number of nitrogen functional groups attached to an aromatic ring is 1. The van der Waals surface area contributed by atoms with Crippen LogP contribution in [0.5, 0.6) is 0 Å². The van der Waals surface area contributed by atoms with Gasteiger partial charge in [-0.15, -0.1) is 0 Å². The number of anilines is 1. The summed E-state index contributed by atoms with van der Waals surface area (Å²) in [6, 6.07) is 0. The van der Waals surface area contributed by atoms with Crippen LogP contribution in [0.25, 0.3) is 0 Å². The molecular weight excluding hydrogens is 251 g/mol. The fourth-order valence-corrected chi connectivity index (χ4v) is 2.10. The first-order valence-electron chi connectivity index (χ1n) is 5.34. The first-order chi connectivity index (χ1) is 8.34.